The number of aromatic nitrogens is 8. The Hall–Kier alpha value is -10.9. The van der Waals surface area contributed by atoms with E-state index in [0.29, 0.717) is 94.7 Å². The largest absolute Gasteiger partial charge is 0.354 e. The van der Waals surface area contributed by atoms with E-state index >= 15 is 0 Å². The Morgan fingerprint density at radius 3 is 0.957 bits per heavy atom. The van der Waals surface area contributed by atoms with Crippen molar-refractivity contribution in [3.63, 3.8) is 0 Å². The summed E-state index contributed by atoms with van der Waals surface area (Å²) < 4.78 is 57.1. The first-order valence-electron chi connectivity index (χ1n) is 40.3. The van der Waals surface area contributed by atoms with Crippen LogP contribution in [0.3, 0.4) is 0 Å². The zero-order valence-electron chi connectivity index (χ0n) is 68.6. The Labute approximate surface area is 679 Å². The molecule has 608 valence electrons. The Bertz CT molecular complexity index is 5000. The van der Waals surface area contributed by atoms with Gasteiger partial charge in [0.2, 0.25) is 23.1 Å². The molecule has 4 aliphatic rings. The van der Waals surface area contributed by atoms with Crippen molar-refractivity contribution in [1.82, 2.24) is 61.1 Å². The van der Waals surface area contributed by atoms with Gasteiger partial charge in [0.1, 0.15) is 46.0 Å². The molecular formula is C92H108F4N16O4. The maximum Gasteiger partial charge on any atom is 0.272 e. The number of anilines is 4. The molecule has 4 saturated heterocycles. The molecule has 0 bridgehead atoms. The fourth-order valence-electron chi connectivity index (χ4n) is 15.2. The monoisotopic (exact) mass is 1580 g/mol. The lowest BCUT2D eigenvalue weighted by Crippen LogP contribution is -2.51. The van der Waals surface area contributed by atoms with Gasteiger partial charge in [-0.15, -0.1) is 0 Å². The van der Waals surface area contributed by atoms with Crippen LogP contribution in [-0.4, -0.2) is 154 Å². The molecule has 0 radical (unpaired) electrons. The third kappa shape index (κ3) is 22.0. The number of benzene rings is 2. The van der Waals surface area contributed by atoms with Gasteiger partial charge in [-0.05, 0) is 172 Å². The van der Waals surface area contributed by atoms with Crippen LogP contribution >= 0.6 is 0 Å². The normalized spacial score (nSPS) is 17.1. The summed E-state index contributed by atoms with van der Waals surface area (Å²) in [6.07, 6.45) is 10.3. The number of carbonyl (C=O) groups is 4. The van der Waals surface area contributed by atoms with Crippen molar-refractivity contribution in [2.75, 3.05) is 98.1 Å². The molecule has 4 N–H and O–H groups in total. The lowest BCUT2D eigenvalue weighted by Gasteiger charge is -2.35. The highest BCUT2D eigenvalue weighted by Gasteiger charge is 2.36. The van der Waals surface area contributed by atoms with Crippen molar-refractivity contribution in [2.24, 2.45) is 11.8 Å². The van der Waals surface area contributed by atoms with Crippen molar-refractivity contribution in [1.29, 1.82) is 0 Å². The quantitative estimate of drug-likeness (QED) is 0.0365. The number of pyridine rings is 8. The summed E-state index contributed by atoms with van der Waals surface area (Å²) in [6, 6.07) is 49.3. The number of rotatable bonds is 22. The van der Waals surface area contributed by atoms with Gasteiger partial charge in [0.25, 0.3) is 11.8 Å². The molecule has 20 nitrogen and oxygen atoms in total. The molecule has 0 aliphatic carbocycles. The lowest BCUT2D eigenvalue weighted by molar-refractivity contribution is 0.0156. The van der Waals surface area contributed by atoms with Crippen molar-refractivity contribution in [2.45, 2.75) is 145 Å². The number of hydrogen-bond acceptors (Lipinski definition) is 20. The summed E-state index contributed by atoms with van der Waals surface area (Å²) in [7, 11) is 0. The van der Waals surface area contributed by atoms with Crippen molar-refractivity contribution < 1.29 is 36.7 Å². The van der Waals surface area contributed by atoms with E-state index < -0.39 is 23.4 Å². The number of nitrogens with one attached hydrogen (secondary N) is 4. The number of hydrogen-bond donors (Lipinski definition) is 4. The Morgan fingerprint density at radius 2 is 0.664 bits per heavy atom. The molecule has 0 amide bonds. The number of halogens is 4. The molecule has 0 saturated carbocycles. The third-order valence-electron chi connectivity index (χ3n) is 21.3. The van der Waals surface area contributed by atoms with Crippen LogP contribution in [0.5, 0.6) is 0 Å². The predicted octanol–water partition coefficient (Wildman–Crippen LogP) is 15.4. The molecule has 2 aromatic carbocycles. The standard InChI is InChI=1S/C24H24F2N4O.C24H26N4O.C22H28F2N4O.C22H30N4O/c1-16-18(9-6-12-27-16)23(31)22-19(24(2,25)26)10-11-21(29-22)30-14-13-28-20(15-30)17-7-4-3-5-8-17;1-3-18-11-12-22(27-23(18)24(29)20-10-7-13-25-17(20)2)28-15-14-26-21(16-28)19-8-5-4-6-9-19;1-14(2)12-16-13-28(11-10-26-16)19-8-7-18(22(4,23)24)20(27-19)21(29)17-6-5-9-25-15(17)3;1-5-17-8-9-20(26-12-11-24-18(14-26)13-15(2)3)25-21(17)22(27)19-7-6-10-23-16(19)4/h3-12,20,28H,13-15H2,1-2H3;4-13,21,26H,3,14-16H2,1-2H3;5-9,14,16,26H,10-13H2,1-4H3;6-10,15,18,24H,5,11-14H2,1-4H3/t;;16-;18-/m..00/s1. The van der Waals surface area contributed by atoms with Gasteiger partial charge in [0.15, 0.2) is 0 Å². The van der Waals surface area contributed by atoms with Gasteiger partial charge in [-0.2, -0.15) is 0 Å². The van der Waals surface area contributed by atoms with Crippen LogP contribution in [0, 0.1) is 39.5 Å². The SMILES string of the molecule is CCc1ccc(N2CCNC(c3ccccc3)C2)nc1C(=O)c1cccnc1C.CCc1ccc(N2CCN[C@@H](CC(C)C)C2)nc1C(=O)c1cccnc1C.Cc1ncccc1C(=O)c1nc(N2CCNC(c3ccccc3)C2)ccc1C(C)(F)F.Cc1ncccc1C(=O)c1nc(N2CCN[C@@H](CC(C)C)C2)ccc1C(C)(F)F. The number of nitrogens with zero attached hydrogens (tertiary/aromatic N) is 12. The highest BCUT2D eigenvalue weighted by molar-refractivity contribution is 6.11. The summed E-state index contributed by atoms with van der Waals surface area (Å²) in [4.78, 5) is 96.7. The molecule has 10 aromatic rings. The van der Waals surface area contributed by atoms with Crippen LogP contribution in [0.25, 0.3) is 0 Å². The van der Waals surface area contributed by atoms with Gasteiger partial charge in [-0.1, -0.05) is 114 Å². The first kappa shape index (κ1) is 86.0. The van der Waals surface area contributed by atoms with Gasteiger partial charge >= 0.3 is 0 Å². The number of aryl methyl sites for hydroxylation is 6. The highest BCUT2D eigenvalue weighted by atomic mass is 19.3. The average Bonchev–Trinajstić information content (AvgIpc) is 0.787. The number of carbonyl (C=O) groups excluding carboxylic acids is 4. The van der Waals surface area contributed by atoms with E-state index in [1.165, 1.54) is 17.7 Å². The van der Waals surface area contributed by atoms with Gasteiger partial charge in [-0.25, -0.2) is 37.5 Å². The minimum Gasteiger partial charge on any atom is -0.354 e. The van der Waals surface area contributed by atoms with E-state index in [1.807, 2.05) is 73.3 Å². The summed E-state index contributed by atoms with van der Waals surface area (Å²) >= 11 is 0. The summed E-state index contributed by atoms with van der Waals surface area (Å²) in [6.45, 7) is 31.2. The van der Waals surface area contributed by atoms with Gasteiger partial charge in [-0.3, -0.25) is 39.1 Å². The smallest absolute Gasteiger partial charge is 0.272 e. The second-order valence-corrected chi connectivity index (χ2v) is 31.0. The van der Waals surface area contributed by atoms with E-state index in [1.54, 1.807) is 81.1 Å². The summed E-state index contributed by atoms with van der Waals surface area (Å²) in [5.41, 5.74) is 8.59. The maximum absolute atomic E-state index is 14.3. The van der Waals surface area contributed by atoms with E-state index in [-0.39, 0.29) is 51.7 Å². The molecule has 12 heterocycles. The Morgan fingerprint density at radius 1 is 0.379 bits per heavy atom. The topological polar surface area (TPSA) is 232 Å². The fourth-order valence-corrected chi connectivity index (χ4v) is 15.2. The minimum atomic E-state index is -3.19. The third-order valence-corrected chi connectivity index (χ3v) is 21.3. The van der Waals surface area contributed by atoms with Crippen LogP contribution in [0.1, 0.15) is 201 Å². The highest BCUT2D eigenvalue weighted by Crippen LogP contribution is 2.36. The Balaban J connectivity index is 0.000000152. The van der Waals surface area contributed by atoms with Gasteiger partial charge in [0.05, 0.1) is 11.1 Å². The molecule has 4 aliphatic heterocycles. The zero-order valence-corrected chi connectivity index (χ0v) is 68.6. The number of alkyl halides is 4. The molecule has 14 rings (SSSR count). The molecule has 2 unspecified atom stereocenters. The van der Waals surface area contributed by atoms with Gasteiger partial charge < -0.3 is 40.9 Å². The fraction of sp³-hybridized carbons (Fsp3) is 0.391. The summed E-state index contributed by atoms with van der Waals surface area (Å²) in [5.74, 6) is -3.49. The molecule has 4 atom stereocenters. The first-order chi connectivity index (χ1) is 55.7. The van der Waals surface area contributed by atoms with Crippen LogP contribution in [0.2, 0.25) is 0 Å². The average molecular weight is 1580 g/mol. The van der Waals surface area contributed by atoms with E-state index in [0.717, 1.165) is 138 Å². The molecule has 116 heavy (non-hydrogen) atoms. The van der Waals surface area contributed by atoms with E-state index in [9.17, 15) is 36.7 Å². The molecule has 0 spiro atoms. The number of piperazine rings is 4. The van der Waals surface area contributed by atoms with Crippen molar-refractivity contribution in [3.05, 3.63) is 284 Å². The zero-order chi connectivity index (χ0) is 82.8. The van der Waals surface area contributed by atoms with Crippen LogP contribution < -0.4 is 40.9 Å². The van der Waals surface area contributed by atoms with Gasteiger partial charge in [0, 0.05) is 186 Å². The van der Waals surface area contributed by atoms with Crippen LogP contribution in [-0.2, 0) is 24.7 Å². The van der Waals surface area contributed by atoms with Crippen molar-refractivity contribution in [3.8, 4) is 0 Å². The first-order valence-corrected chi connectivity index (χ1v) is 40.3. The van der Waals surface area contributed by atoms with E-state index in [2.05, 4.69) is 156 Å². The minimum absolute atomic E-state index is 0.0341. The lowest BCUT2D eigenvalue weighted by atomic mass is 9.99. The van der Waals surface area contributed by atoms with E-state index in [4.69, 9.17) is 9.97 Å². The summed E-state index contributed by atoms with van der Waals surface area (Å²) in [5, 5.41) is 14.2. The van der Waals surface area contributed by atoms with Crippen LogP contribution in [0.15, 0.2) is 183 Å². The molecule has 4 fully saturated rings. The maximum atomic E-state index is 14.3. The predicted molar refractivity (Wildman–Crippen MR) is 450 cm³/mol. The molecular weight excluding hydrogens is 1470 g/mol. The molecule has 24 heteroatoms. The number of ketones is 4. The second-order valence-electron chi connectivity index (χ2n) is 31.0. The second kappa shape index (κ2) is 39.6. The Kier molecular flexibility index (Phi) is 29.4. The molecule has 8 aromatic heterocycles. The van der Waals surface area contributed by atoms with Crippen molar-refractivity contribution >= 4 is 46.4 Å². The van der Waals surface area contributed by atoms with Crippen LogP contribution in [0.4, 0.5) is 40.8 Å².